The molecule has 2 rings (SSSR count). The van der Waals surface area contributed by atoms with Gasteiger partial charge in [0, 0.05) is 12.4 Å². The van der Waals surface area contributed by atoms with Crippen molar-refractivity contribution in [1.82, 2.24) is 4.98 Å². The normalized spacial score (nSPS) is 12.5. The molecule has 0 aliphatic heterocycles. The van der Waals surface area contributed by atoms with Crippen molar-refractivity contribution in [3.8, 4) is 5.75 Å². The van der Waals surface area contributed by atoms with Crippen LogP contribution in [0.25, 0.3) is 0 Å². The van der Waals surface area contributed by atoms with E-state index in [1.165, 1.54) is 12.1 Å². The number of nitrogens with zero attached hydrogens (tertiary/aromatic N) is 1. The number of alkyl halides is 2. The molecule has 5 heteroatoms. The summed E-state index contributed by atoms with van der Waals surface area (Å²) in [5.74, 6) is 0.119. The van der Waals surface area contributed by atoms with Crippen LogP contribution in [0.2, 0.25) is 0 Å². The maximum atomic E-state index is 12.0. The van der Waals surface area contributed by atoms with Crippen molar-refractivity contribution < 1.29 is 13.5 Å². The van der Waals surface area contributed by atoms with Crippen LogP contribution in [-0.4, -0.2) is 11.6 Å². The Hall–Kier alpha value is -2.01. The van der Waals surface area contributed by atoms with Gasteiger partial charge in [0.15, 0.2) is 0 Å². The fourth-order valence-corrected chi connectivity index (χ4v) is 1.80. The van der Waals surface area contributed by atoms with Crippen molar-refractivity contribution in [2.75, 3.05) is 0 Å². The van der Waals surface area contributed by atoms with E-state index in [0.29, 0.717) is 0 Å². The van der Waals surface area contributed by atoms with Crippen molar-refractivity contribution in [1.29, 1.82) is 0 Å². The summed E-state index contributed by atoms with van der Waals surface area (Å²) in [5.41, 5.74) is 8.82. The first kappa shape index (κ1) is 13.4. The summed E-state index contributed by atoms with van der Waals surface area (Å²) < 4.78 is 28.4. The predicted octanol–water partition coefficient (Wildman–Crippen LogP) is 3.04. The van der Waals surface area contributed by atoms with Crippen molar-refractivity contribution in [2.45, 2.75) is 19.6 Å². The van der Waals surface area contributed by atoms with E-state index in [1.807, 2.05) is 13.0 Å². The standard InChI is InChI=1S/C14H14F2N2O/c1-9-6-11(8-18-7-9)13(17)10-2-4-12(5-3-10)19-14(15)16/h2-8,13-14H,17H2,1H3. The van der Waals surface area contributed by atoms with Gasteiger partial charge in [-0.05, 0) is 35.7 Å². The molecule has 2 N–H and O–H groups in total. The van der Waals surface area contributed by atoms with Crippen LogP contribution in [0.1, 0.15) is 22.7 Å². The van der Waals surface area contributed by atoms with Gasteiger partial charge in [0.1, 0.15) is 5.75 Å². The zero-order chi connectivity index (χ0) is 13.8. The Balaban J connectivity index is 2.17. The van der Waals surface area contributed by atoms with E-state index < -0.39 is 6.61 Å². The van der Waals surface area contributed by atoms with Gasteiger partial charge in [-0.15, -0.1) is 0 Å². The highest BCUT2D eigenvalue weighted by Crippen LogP contribution is 2.22. The van der Waals surface area contributed by atoms with Gasteiger partial charge in [-0.1, -0.05) is 18.2 Å². The second kappa shape index (κ2) is 5.75. The van der Waals surface area contributed by atoms with E-state index in [-0.39, 0.29) is 11.8 Å². The Morgan fingerprint density at radius 1 is 1.11 bits per heavy atom. The second-order valence-electron chi connectivity index (χ2n) is 4.22. The molecule has 1 unspecified atom stereocenters. The lowest BCUT2D eigenvalue weighted by molar-refractivity contribution is -0.0498. The lowest BCUT2D eigenvalue weighted by Crippen LogP contribution is -2.12. The molecule has 0 spiro atoms. The van der Waals surface area contributed by atoms with Crippen LogP contribution in [-0.2, 0) is 0 Å². The van der Waals surface area contributed by atoms with Crippen LogP contribution < -0.4 is 10.5 Å². The van der Waals surface area contributed by atoms with Crippen LogP contribution in [0.15, 0.2) is 42.7 Å². The summed E-state index contributed by atoms with van der Waals surface area (Å²) in [6, 6.07) is 7.90. The topological polar surface area (TPSA) is 48.1 Å². The minimum absolute atomic E-state index is 0.119. The minimum Gasteiger partial charge on any atom is -0.435 e. The van der Waals surface area contributed by atoms with Crippen molar-refractivity contribution in [3.05, 3.63) is 59.4 Å². The minimum atomic E-state index is -2.82. The number of rotatable bonds is 4. The molecular weight excluding hydrogens is 250 g/mol. The number of aryl methyl sites for hydroxylation is 1. The molecule has 1 aromatic heterocycles. The van der Waals surface area contributed by atoms with Gasteiger partial charge in [0.05, 0.1) is 6.04 Å². The molecule has 19 heavy (non-hydrogen) atoms. The summed E-state index contributed by atoms with van der Waals surface area (Å²) in [5, 5.41) is 0. The van der Waals surface area contributed by atoms with E-state index in [1.54, 1.807) is 24.5 Å². The molecule has 1 atom stereocenters. The first-order valence-corrected chi connectivity index (χ1v) is 5.78. The number of ether oxygens (including phenoxy) is 1. The maximum absolute atomic E-state index is 12.0. The molecule has 0 saturated heterocycles. The molecule has 2 aromatic rings. The molecule has 100 valence electrons. The van der Waals surface area contributed by atoms with Gasteiger partial charge in [-0.25, -0.2) is 0 Å². The van der Waals surface area contributed by atoms with Crippen LogP contribution in [0.4, 0.5) is 8.78 Å². The second-order valence-corrected chi connectivity index (χ2v) is 4.22. The smallest absolute Gasteiger partial charge is 0.387 e. The molecule has 0 aliphatic rings. The first-order valence-electron chi connectivity index (χ1n) is 5.78. The third-order valence-electron chi connectivity index (χ3n) is 2.72. The van der Waals surface area contributed by atoms with Crippen LogP contribution in [0.3, 0.4) is 0 Å². The molecular formula is C14H14F2N2O. The molecule has 0 aliphatic carbocycles. The first-order chi connectivity index (χ1) is 9.06. The lowest BCUT2D eigenvalue weighted by atomic mass is 10.0. The van der Waals surface area contributed by atoms with Gasteiger partial charge in [0.25, 0.3) is 0 Å². The van der Waals surface area contributed by atoms with Gasteiger partial charge in [-0.3, -0.25) is 4.98 Å². The predicted molar refractivity (Wildman–Crippen MR) is 68.1 cm³/mol. The van der Waals surface area contributed by atoms with Gasteiger partial charge in [-0.2, -0.15) is 8.78 Å². The van der Waals surface area contributed by atoms with Gasteiger partial charge in [0.2, 0.25) is 0 Å². The summed E-state index contributed by atoms with van der Waals surface area (Å²) >= 11 is 0. The summed E-state index contributed by atoms with van der Waals surface area (Å²) in [6.45, 7) is -0.886. The molecule has 3 nitrogen and oxygen atoms in total. The Bertz CT molecular complexity index is 543. The zero-order valence-corrected chi connectivity index (χ0v) is 10.4. The molecule has 0 radical (unpaired) electrons. The zero-order valence-electron chi connectivity index (χ0n) is 10.4. The van der Waals surface area contributed by atoms with Crippen molar-refractivity contribution >= 4 is 0 Å². The Morgan fingerprint density at radius 2 is 1.79 bits per heavy atom. The molecule has 1 aromatic carbocycles. The van der Waals surface area contributed by atoms with Crippen LogP contribution in [0, 0.1) is 6.92 Å². The highest BCUT2D eigenvalue weighted by Gasteiger charge is 2.10. The Labute approximate surface area is 110 Å². The monoisotopic (exact) mass is 264 g/mol. The number of halogens is 2. The quantitative estimate of drug-likeness (QED) is 0.923. The molecule has 0 amide bonds. The number of hydrogen-bond acceptors (Lipinski definition) is 3. The highest BCUT2D eigenvalue weighted by molar-refractivity contribution is 5.35. The number of nitrogens with two attached hydrogens (primary N) is 1. The van der Waals surface area contributed by atoms with Crippen molar-refractivity contribution in [3.63, 3.8) is 0 Å². The number of hydrogen-bond donors (Lipinski definition) is 1. The van der Waals surface area contributed by atoms with Gasteiger partial charge < -0.3 is 10.5 Å². The third-order valence-corrected chi connectivity index (χ3v) is 2.72. The largest absolute Gasteiger partial charge is 0.435 e. The van der Waals surface area contributed by atoms with E-state index in [4.69, 9.17) is 5.73 Å². The summed E-state index contributed by atoms with van der Waals surface area (Å²) in [7, 11) is 0. The SMILES string of the molecule is Cc1cncc(C(N)c2ccc(OC(F)F)cc2)c1. The highest BCUT2D eigenvalue weighted by atomic mass is 19.3. The molecule has 0 fully saturated rings. The number of pyridine rings is 1. The molecule has 0 bridgehead atoms. The summed E-state index contributed by atoms with van der Waals surface area (Å²) in [6.07, 6.45) is 3.44. The van der Waals surface area contributed by atoms with Crippen molar-refractivity contribution in [2.24, 2.45) is 5.73 Å². The van der Waals surface area contributed by atoms with E-state index >= 15 is 0 Å². The molecule has 0 saturated carbocycles. The average Bonchev–Trinajstić information content (AvgIpc) is 2.38. The fraction of sp³-hybridized carbons (Fsp3) is 0.214. The fourth-order valence-electron chi connectivity index (χ4n) is 1.80. The van der Waals surface area contributed by atoms with Gasteiger partial charge >= 0.3 is 6.61 Å². The summed E-state index contributed by atoms with van der Waals surface area (Å²) in [4.78, 5) is 4.08. The van der Waals surface area contributed by atoms with Crippen LogP contribution >= 0.6 is 0 Å². The maximum Gasteiger partial charge on any atom is 0.387 e. The number of benzene rings is 1. The van der Waals surface area contributed by atoms with Crippen LogP contribution in [0.5, 0.6) is 5.75 Å². The van der Waals surface area contributed by atoms with E-state index in [0.717, 1.165) is 16.7 Å². The van der Waals surface area contributed by atoms with E-state index in [9.17, 15) is 8.78 Å². The van der Waals surface area contributed by atoms with E-state index in [2.05, 4.69) is 9.72 Å². The Morgan fingerprint density at radius 3 is 2.37 bits per heavy atom. The molecule has 1 heterocycles. The number of aromatic nitrogens is 1. The third kappa shape index (κ3) is 3.48. The lowest BCUT2D eigenvalue weighted by Gasteiger charge is -2.13. The average molecular weight is 264 g/mol. The Kier molecular flexibility index (Phi) is 4.06.